The first kappa shape index (κ1) is 10.2. The average Bonchev–Trinajstić information content (AvgIpc) is 2.17. The van der Waals surface area contributed by atoms with Gasteiger partial charge in [0.2, 0.25) is 5.95 Å². The Kier molecular flexibility index (Phi) is 2.48. The summed E-state index contributed by atoms with van der Waals surface area (Å²) in [6.45, 7) is 3.31. The summed E-state index contributed by atoms with van der Waals surface area (Å²) in [5.74, 6) is 0.643. The van der Waals surface area contributed by atoms with Crippen LogP contribution in [-0.2, 0) is 0 Å². The lowest BCUT2D eigenvalue weighted by molar-refractivity contribution is 0.0444. The zero-order chi connectivity index (χ0) is 10.9. The van der Waals surface area contributed by atoms with E-state index in [0.29, 0.717) is 18.2 Å². The molecule has 2 heterocycles. The lowest BCUT2D eigenvalue weighted by atomic mass is 9.95. The van der Waals surface area contributed by atoms with Crippen LogP contribution < -0.4 is 10.6 Å². The van der Waals surface area contributed by atoms with Gasteiger partial charge in [0.25, 0.3) is 0 Å². The predicted molar refractivity (Wildman–Crippen MR) is 58.5 cm³/mol. The average molecular weight is 208 g/mol. The van der Waals surface area contributed by atoms with Crippen molar-refractivity contribution in [3.05, 3.63) is 12.4 Å². The third kappa shape index (κ3) is 2.36. The zero-order valence-electron chi connectivity index (χ0n) is 8.85. The van der Waals surface area contributed by atoms with Gasteiger partial charge in [-0.2, -0.15) is 0 Å². The van der Waals surface area contributed by atoms with Crippen molar-refractivity contribution < 1.29 is 5.11 Å². The highest BCUT2D eigenvalue weighted by molar-refractivity contribution is 5.38. The van der Waals surface area contributed by atoms with Gasteiger partial charge in [-0.05, 0) is 19.8 Å². The van der Waals surface area contributed by atoms with E-state index < -0.39 is 5.60 Å². The van der Waals surface area contributed by atoms with Gasteiger partial charge in [-0.25, -0.2) is 9.97 Å². The summed E-state index contributed by atoms with van der Waals surface area (Å²) in [5, 5.41) is 9.94. The molecule has 0 spiro atoms. The maximum absolute atomic E-state index is 9.94. The molecule has 1 aromatic rings. The van der Waals surface area contributed by atoms with Gasteiger partial charge in [-0.1, -0.05) is 0 Å². The second-order valence-electron chi connectivity index (χ2n) is 4.34. The fourth-order valence-corrected chi connectivity index (χ4v) is 1.89. The molecular formula is C10H16N4O. The second kappa shape index (κ2) is 3.66. The van der Waals surface area contributed by atoms with Crippen LogP contribution in [0, 0.1) is 0 Å². The number of piperidine rings is 1. The Labute approximate surface area is 88.9 Å². The molecule has 1 fully saturated rings. The summed E-state index contributed by atoms with van der Waals surface area (Å²) in [5.41, 5.74) is 5.44. The van der Waals surface area contributed by atoms with Crippen molar-refractivity contribution in [2.75, 3.05) is 23.7 Å². The fraction of sp³-hybridized carbons (Fsp3) is 0.600. The van der Waals surface area contributed by atoms with E-state index in [9.17, 15) is 5.11 Å². The Bertz CT molecular complexity index is 336. The number of hydrogen-bond acceptors (Lipinski definition) is 5. The van der Waals surface area contributed by atoms with Crippen LogP contribution in [0.5, 0.6) is 0 Å². The molecule has 1 aliphatic heterocycles. The van der Waals surface area contributed by atoms with E-state index in [0.717, 1.165) is 19.4 Å². The third-order valence-corrected chi connectivity index (χ3v) is 2.62. The molecule has 1 aromatic heterocycles. The van der Waals surface area contributed by atoms with Crippen molar-refractivity contribution in [1.82, 2.24) is 9.97 Å². The van der Waals surface area contributed by atoms with Crippen LogP contribution >= 0.6 is 0 Å². The van der Waals surface area contributed by atoms with Gasteiger partial charge in [0.1, 0.15) is 0 Å². The summed E-state index contributed by atoms with van der Waals surface area (Å²) in [7, 11) is 0. The van der Waals surface area contributed by atoms with Crippen LogP contribution in [0.3, 0.4) is 0 Å². The molecule has 0 aromatic carbocycles. The van der Waals surface area contributed by atoms with Crippen LogP contribution in [0.1, 0.15) is 19.8 Å². The summed E-state index contributed by atoms with van der Waals surface area (Å²) in [6, 6.07) is 0. The summed E-state index contributed by atoms with van der Waals surface area (Å²) in [4.78, 5) is 10.3. The monoisotopic (exact) mass is 208 g/mol. The topological polar surface area (TPSA) is 75.3 Å². The molecule has 0 radical (unpaired) electrons. The van der Waals surface area contributed by atoms with E-state index in [1.165, 1.54) is 0 Å². The number of anilines is 2. The molecular weight excluding hydrogens is 192 g/mol. The predicted octanol–water partition coefficient (Wildman–Crippen LogP) is 0.410. The third-order valence-electron chi connectivity index (χ3n) is 2.62. The molecule has 82 valence electrons. The molecule has 0 amide bonds. The smallest absolute Gasteiger partial charge is 0.225 e. The van der Waals surface area contributed by atoms with E-state index in [-0.39, 0.29) is 0 Å². The molecule has 2 rings (SSSR count). The van der Waals surface area contributed by atoms with E-state index in [2.05, 4.69) is 9.97 Å². The standard InChI is InChI=1S/C10H16N4O/c1-10(15)3-2-4-14(7-10)9-12-5-8(11)6-13-9/h5-6,15H,2-4,7,11H2,1H3. The molecule has 0 aliphatic carbocycles. The Morgan fingerprint density at radius 3 is 2.73 bits per heavy atom. The van der Waals surface area contributed by atoms with Crippen LogP contribution in [0.4, 0.5) is 11.6 Å². The lowest BCUT2D eigenvalue weighted by Gasteiger charge is -2.36. The highest BCUT2D eigenvalue weighted by atomic mass is 16.3. The maximum Gasteiger partial charge on any atom is 0.225 e. The molecule has 1 unspecified atom stereocenters. The minimum Gasteiger partial charge on any atom is -0.396 e. The maximum atomic E-state index is 9.94. The van der Waals surface area contributed by atoms with Crippen molar-refractivity contribution in [2.45, 2.75) is 25.4 Å². The number of nitrogens with zero attached hydrogens (tertiary/aromatic N) is 3. The lowest BCUT2D eigenvalue weighted by Crippen LogP contribution is -2.46. The van der Waals surface area contributed by atoms with E-state index in [1.807, 2.05) is 11.8 Å². The fourth-order valence-electron chi connectivity index (χ4n) is 1.89. The highest BCUT2D eigenvalue weighted by Crippen LogP contribution is 2.23. The van der Waals surface area contributed by atoms with Crippen molar-refractivity contribution in [3.63, 3.8) is 0 Å². The quantitative estimate of drug-likeness (QED) is 0.699. The molecule has 0 bridgehead atoms. The normalized spacial score (nSPS) is 26.7. The Morgan fingerprint density at radius 1 is 1.47 bits per heavy atom. The molecule has 0 saturated carbocycles. The Balaban J connectivity index is 2.13. The minimum absolute atomic E-state index is 0.558. The zero-order valence-corrected chi connectivity index (χ0v) is 8.85. The first-order chi connectivity index (χ1) is 7.07. The molecule has 1 saturated heterocycles. The Morgan fingerprint density at radius 2 is 2.13 bits per heavy atom. The number of aliphatic hydroxyl groups is 1. The molecule has 5 nitrogen and oxygen atoms in total. The van der Waals surface area contributed by atoms with Crippen molar-refractivity contribution in [3.8, 4) is 0 Å². The first-order valence-electron chi connectivity index (χ1n) is 5.12. The van der Waals surface area contributed by atoms with Crippen molar-refractivity contribution in [1.29, 1.82) is 0 Å². The largest absolute Gasteiger partial charge is 0.396 e. The number of nitrogens with two attached hydrogens (primary N) is 1. The van der Waals surface area contributed by atoms with Gasteiger partial charge in [0.15, 0.2) is 0 Å². The van der Waals surface area contributed by atoms with Gasteiger partial charge < -0.3 is 15.7 Å². The molecule has 15 heavy (non-hydrogen) atoms. The van der Waals surface area contributed by atoms with Crippen LogP contribution in [0.25, 0.3) is 0 Å². The number of aromatic nitrogens is 2. The molecule has 1 aliphatic rings. The molecule has 5 heteroatoms. The van der Waals surface area contributed by atoms with Gasteiger partial charge in [-0.15, -0.1) is 0 Å². The van der Waals surface area contributed by atoms with E-state index in [4.69, 9.17) is 5.73 Å². The number of rotatable bonds is 1. The van der Waals surface area contributed by atoms with Crippen molar-refractivity contribution in [2.24, 2.45) is 0 Å². The van der Waals surface area contributed by atoms with Crippen LogP contribution in [0.2, 0.25) is 0 Å². The SMILES string of the molecule is CC1(O)CCCN(c2ncc(N)cn2)C1. The number of β-amino-alcohol motifs (C(OH)–C–C–N with tert-alkyl or cyclic N) is 1. The highest BCUT2D eigenvalue weighted by Gasteiger charge is 2.29. The van der Waals surface area contributed by atoms with Gasteiger partial charge in [0.05, 0.1) is 23.7 Å². The molecule has 3 N–H and O–H groups in total. The minimum atomic E-state index is -0.636. The van der Waals surface area contributed by atoms with Gasteiger partial charge >= 0.3 is 0 Å². The van der Waals surface area contributed by atoms with Crippen LogP contribution in [-0.4, -0.2) is 33.8 Å². The van der Waals surface area contributed by atoms with Gasteiger partial charge in [-0.3, -0.25) is 0 Å². The van der Waals surface area contributed by atoms with Gasteiger partial charge in [0, 0.05) is 13.1 Å². The van der Waals surface area contributed by atoms with Crippen molar-refractivity contribution >= 4 is 11.6 Å². The summed E-state index contributed by atoms with van der Waals surface area (Å²) in [6.07, 6.45) is 4.97. The summed E-state index contributed by atoms with van der Waals surface area (Å²) < 4.78 is 0. The molecule has 1 atom stereocenters. The second-order valence-corrected chi connectivity index (χ2v) is 4.34. The Hall–Kier alpha value is -1.36. The number of nitrogen functional groups attached to an aromatic ring is 1. The van der Waals surface area contributed by atoms with Crippen LogP contribution in [0.15, 0.2) is 12.4 Å². The number of hydrogen-bond donors (Lipinski definition) is 2. The summed E-state index contributed by atoms with van der Waals surface area (Å²) >= 11 is 0. The van der Waals surface area contributed by atoms with E-state index in [1.54, 1.807) is 12.4 Å². The van der Waals surface area contributed by atoms with E-state index >= 15 is 0 Å². The first-order valence-corrected chi connectivity index (χ1v) is 5.12.